The molecule has 0 radical (unpaired) electrons. The summed E-state index contributed by atoms with van der Waals surface area (Å²) < 4.78 is 10.1. The van der Waals surface area contributed by atoms with E-state index in [1.807, 2.05) is 0 Å². The normalized spacial score (nSPS) is 30.5. The minimum absolute atomic E-state index is 0.0666. The van der Waals surface area contributed by atoms with Gasteiger partial charge in [0.05, 0.1) is 6.61 Å². The molecule has 74 valence electrons. The zero-order chi connectivity index (χ0) is 9.10. The number of hydrogen-bond donors (Lipinski definition) is 1. The Hall–Kier alpha value is -0.610. The summed E-state index contributed by atoms with van der Waals surface area (Å²) in [7, 11) is 0. The number of hydrogen-bond acceptors (Lipinski definition) is 4. The van der Waals surface area contributed by atoms with Crippen molar-refractivity contribution in [3.63, 3.8) is 0 Å². The second kappa shape index (κ2) is 4.07. The van der Waals surface area contributed by atoms with E-state index in [2.05, 4.69) is 5.32 Å². The molecule has 2 heterocycles. The predicted octanol–water partition coefficient (Wildman–Crippen LogP) is 0.0705. The van der Waals surface area contributed by atoms with Crippen molar-refractivity contribution < 1.29 is 14.3 Å². The van der Waals surface area contributed by atoms with Crippen molar-refractivity contribution in [2.75, 3.05) is 19.8 Å². The lowest BCUT2D eigenvalue weighted by molar-refractivity contribution is -0.140. The van der Waals surface area contributed by atoms with Gasteiger partial charge >= 0.3 is 5.97 Å². The molecule has 2 fully saturated rings. The molecular formula is C9H15NO3. The number of nitrogens with one attached hydrogen (secondary N) is 1. The molecule has 0 aromatic heterocycles. The maximum atomic E-state index is 11.1. The van der Waals surface area contributed by atoms with Crippen molar-refractivity contribution in [3.05, 3.63) is 0 Å². The van der Waals surface area contributed by atoms with Crippen molar-refractivity contribution in [1.82, 2.24) is 5.32 Å². The van der Waals surface area contributed by atoms with Crippen molar-refractivity contribution >= 4 is 5.97 Å². The Balaban J connectivity index is 1.79. The Kier molecular flexibility index (Phi) is 2.80. The molecule has 2 saturated heterocycles. The van der Waals surface area contributed by atoms with Crippen LogP contribution in [0.3, 0.4) is 0 Å². The number of rotatable bonds is 2. The van der Waals surface area contributed by atoms with Gasteiger partial charge in [0.25, 0.3) is 0 Å². The summed E-state index contributed by atoms with van der Waals surface area (Å²) in [4.78, 5) is 11.1. The maximum absolute atomic E-state index is 11.1. The first kappa shape index (κ1) is 8.97. The van der Waals surface area contributed by atoms with Gasteiger partial charge in [-0.2, -0.15) is 0 Å². The lowest BCUT2D eigenvalue weighted by Gasteiger charge is -2.24. The molecule has 0 aromatic carbocycles. The van der Waals surface area contributed by atoms with Gasteiger partial charge in [-0.05, 0) is 12.8 Å². The minimum atomic E-state index is -0.0912. The van der Waals surface area contributed by atoms with E-state index in [9.17, 15) is 4.79 Å². The van der Waals surface area contributed by atoms with Gasteiger partial charge in [-0.25, -0.2) is 0 Å². The van der Waals surface area contributed by atoms with Crippen LogP contribution in [-0.4, -0.2) is 37.9 Å². The molecule has 0 spiro atoms. The fraction of sp³-hybridized carbons (Fsp3) is 0.889. The van der Waals surface area contributed by atoms with E-state index in [1.54, 1.807) is 0 Å². The molecule has 2 aliphatic heterocycles. The zero-order valence-corrected chi connectivity index (χ0v) is 7.62. The predicted molar refractivity (Wildman–Crippen MR) is 46.3 cm³/mol. The van der Waals surface area contributed by atoms with Gasteiger partial charge in [-0.15, -0.1) is 0 Å². The molecule has 4 heteroatoms. The third kappa shape index (κ3) is 2.19. The van der Waals surface area contributed by atoms with Gasteiger partial charge in [0.2, 0.25) is 0 Å². The molecule has 1 atom stereocenters. The molecule has 2 rings (SSSR count). The fourth-order valence-electron chi connectivity index (χ4n) is 1.80. The van der Waals surface area contributed by atoms with E-state index in [1.165, 1.54) is 0 Å². The molecule has 13 heavy (non-hydrogen) atoms. The highest BCUT2D eigenvalue weighted by Gasteiger charge is 2.28. The Bertz CT molecular complexity index is 189. The van der Waals surface area contributed by atoms with E-state index in [0.717, 1.165) is 32.5 Å². The molecule has 0 aliphatic carbocycles. The molecule has 0 saturated carbocycles. The summed E-state index contributed by atoms with van der Waals surface area (Å²) in [6.07, 6.45) is 2.82. The number of carbonyl (C=O) groups excluding carboxylic acids is 1. The number of carbonyl (C=O) groups is 1. The van der Waals surface area contributed by atoms with Crippen molar-refractivity contribution in [2.45, 2.75) is 31.3 Å². The zero-order valence-electron chi connectivity index (χ0n) is 7.62. The fourth-order valence-corrected chi connectivity index (χ4v) is 1.80. The SMILES string of the molecule is O=C1OCCC1NC1CCOCC1. The first-order valence-corrected chi connectivity index (χ1v) is 4.87. The van der Waals surface area contributed by atoms with Crippen LogP contribution >= 0.6 is 0 Å². The van der Waals surface area contributed by atoms with Crippen LogP contribution in [0.1, 0.15) is 19.3 Å². The van der Waals surface area contributed by atoms with Gasteiger partial charge in [-0.3, -0.25) is 4.79 Å². The van der Waals surface area contributed by atoms with Crippen LogP contribution in [0.4, 0.5) is 0 Å². The Morgan fingerprint density at radius 3 is 2.54 bits per heavy atom. The van der Waals surface area contributed by atoms with E-state index in [4.69, 9.17) is 9.47 Å². The molecular weight excluding hydrogens is 170 g/mol. The quantitative estimate of drug-likeness (QED) is 0.618. The molecule has 2 aliphatic rings. The Morgan fingerprint density at radius 1 is 1.15 bits per heavy atom. The third-order valence-corrected chi connectivity index (χ3v) is 2.59. The van der Waals surface area contributed by atoms with E-state index in [0.29, 0.717) is 12.6 Å². The van der Waals surface area contributed by atoms with Gasteiger partial charge in [0.15, 0.2) is 0 Å². The Labute approximate surface area is 77.6 Å². The lowest BCUT2D eigenvalue weighted by atomic mass is 10.1. The largest absolute Gasteiger partial charge is 0.464 e. The van der Waals surface area contributed by atoms with E-state index >= 15 is 0 Å². The van der Waals surface area contributed by atoms with Crippen molar-refractivity contribution in [3.8, 4) is 0 Å². The number of cyclic esters (lactones) is 1. The van der Waals surface area contributed by atoms with Crippen molar-refractivity contribution in [2.24, 2.45) is 0 Å². The first-order valence-electron chi connectivity index (χ1n) is 4.87. The average Bonchev–Trinajstić information content (AvgIpc) is 2.54. The molecule has 0 aromatic rings. The molecule has 0 bridgehead atoms. The van der Waals surface area contributed by atoms with Crippen LogP contribution in [0, 0.1) is 0 Å². The number of ether oxygens (including phenoxy) is 2. The van der Waals surface area contributed by atoms with Crippen LogP contribution in [0.15, 0.2) is 0 Å². The minimum Gasteiger partial charge on any atom is -0.464 e. The van der Waals surface area contributed by atoms with Crippen LogP contribution in [0.25, 0.3) is 0 Å². The summed E-state index contributed by atoms with van der Waals surface area (Å²) in [6.45, 7) is 2.18. The van der Waals surface area contributed by atoms with Gasteiger partial charge < -0.3 is 14.8 Å². The number of esters is 1. The second-order valence-electron chi connectivity index (χ2n) is 3.56. The molecule has 4 nitrogen and oxygen atoms in total. The summed E-state index contributed by atoms with van der Waals surface area (Å²) in [5, 5.41) is 3.31. The third-order valence-electron chi connectivity index (χ3n) is 2.59. The van der Waals surface area contributed by atoms with Gasteiger partial charge in [0.1, 0.15) is 6.04 Å². The smallest absolute Gasteiger partial charge is 0.323 e. The highest BCUT2D eigenvalue weighted by Crippen LogP contribution is 2.12. The monoisotopic (exact) mass is 185 g/mol. The van der Waals surface area contributed by atoms with Crippen LogP contribution in [0.5, 0.6) is 0 Å². The van der Waals surface area contributed by atoms with Gasteiger partial charge in [-0.1, -0.05) is 0 Å². The van der Waals surface area contributed by atoms with Crippen molar-refractivity contribution in [1.29, 1.82) is 0 Å². The molecule has 0 amide bonds. The topological polar surface area (TPSA) is 47.6 Å². The summed E-state index contributed by atoms with van der Waals surface area (Å²) in [6, 6.07) is 0.368. The van der Waals surface area contributed by atoms with Crippen LogP contribution in [-0.2, 0) is 14.3 Å². The standard InChI is InChI=1S/C9H15NO3/c11-9-8(3-6-13-9)10-7-1-4-12-5-2-7/h7-8,10H,1-6H2. The summed E-state index contributed by atoms with van der Waals surface area (Å²) in [5.74, 6) is -0.0912. The Morgan fingerprint density at radius 2 is 1.92 bits per heavy atom. The highest BCUT2D eigenvalue weighted by atomic mass is 16.5. The lowest BCUT2D eigenvalue weighted by Crippen LogP contribution is -2.43. The second-order valence-corrected chi connectivity index (χ2v) is 3.56. The summed E-state index contributed by atoms with van der Waals surface area (Å²) >= 11 is 0. The first-order chi connectivity index (χ1) is 6.36. The van der Waals surface area contributed by atoms with Crippen LogP contribution < -0.4 is 5.32 Å². The molecule has 1 N–H and O–H groups in total. The van der Waals surface area contributed by atoms with E-state index in [-0.39, 0.29) is 12.0 Å². The average molecular weight is 185 g/mol. The molecule has 1 unspecified atom stereocenters. The van der Waals surface area contributed by atoms with Crippen LogP contribution in [0.2, 0.25) is 0 Å². The van der Waals surface area contributed by atoms with Gasteiger partial charge in [0, 0.05) is 25.7 Å². The van der Waals surface area contributed by atoms with E-state index < -0.39 is 0 Å². The highest BCUT2D eigenvalue weighted by molar-refractivity contribution is 5.77. The maximum Gasteiger partial charge on any atom is 0.323 e. The summed E-state index contributed by atoms with van der Waals surface area (Å²) in [5.41, 5.74) is 0.